The second-order valence-corrected chi connectivity index (χ2v) is 9.39. The Bertz CT molecular complexity index is 1190. The van der Waals surface area contributed by atoms with E-state index in [-0.39, 0.29) is 38.8 Å². The van der Waals surface area contributed by atoms with E-state index >= 15 is 0 Å². The van der Waals surface area contributed by atoms with Crippen LogP contribution in [0.25, 0.3) is 16.9 Å². The molecule has 0 spiro atoms. The molecule has 0 fully saturated rings. The normalized spacial score (nSPS) is 11.3. The van der Waals surface area contributed by atoms with Crippen molar-refractivity contribution < 1.29 is 18.3 Å². The molecule has 0 aliphatic carbocycles. The van der Waals surface area contributed by atoms with Gasteiger partial charge in [0.1, 0.15) is 10.7 Å². The van der Waals surface area contributed by atoms with E-state index in [1.54, 1.807) is 19.1 Å². The van der Waals surface area contributed by atoms with E-state index in [1.807, 2.05) is 36.4 Å². The maximum Gasteiger partial charge on any atom is 0.186 e. The van der Waals surface area contributed by atoms with Crippen LogP contribution in [0.15, 0.2) is 72.1 Å². The zero-order valence-electron chi connectivity index (χ0n) is 16.2. The third-order valence-electron chi connectivity index (χ3n) is 4.47. The van der Waals surface area contributed by atoms with Crippen LogP contribution in [0.5, 0.6) is 5.75 Å². The van der Waals surface area contributed by atoms with Crippen molar-refractivity contribution in [1.29, 1.82) is 0 Å². The summed E-state index contributed by atoms with van der Waals surface area (Å²) in [6, 6.07) is 17.5. The predicted molar refractivity (Wildman–Crippen MR) is 122 cm³/mol. The summed E-state index contributed by atoms with van der Waals surface area (Å²) in [5.41, 5.74) is 2.50. The number of halogens is 2. The summed E-state index contributed by atoms with van der Waals surface area (Å²) in [4.78, 5) is -0.0959. The molecular weight excluding hydrogens is 443 g/mol. The number of hydrogen-bond donors (Lipinski definition) is 1. The SMILES string of the molecule is C=C(O)c1ccc(-c2ccccc2)cc1CS(=O)(=O)c1cc(Cl)cc(Cl)c1OCC. The lowest BCUT2D eigenvalue weighted by Crippen LogP contribution is -2.10. The van der Waals surface area contributed by atoms with Gasteiger partial charge in [0.05, 0.1) is 17.4 Å². The molecule has 0 unspecified atom stereocenters. The smallest absolute Gasteiger partial charge is 0.186 e. The van der Waals surface area contributed by atoms with Crippen LogP contribution in [-0.4, -0.2) is 20.1 Å². The maximum absolute atomic E-state index is 13.3. The van der Waals surface area contributed by atoms with Crippen molar-refractivity contribution in [3.05, 3.63) is 88.4 Å². The van der Waals surface area contributed by atoms with Gasteiger partial charge in [0, 0.05) is 10.6 Å². The number of aliphatic hydroxyl groups excluding tert-OH is 1. The number of hydrogen-bond acceptors (Lipinski definition) is 4. The molecule has 0 saturated heterocycles. The van der Waals surface area contributed by atoms with Gasteiger partial charge < -0.3 is 9.84 Å². The van der Waals surface area contributed by atoms with Crippen molar-refractivity contribution in [3.63, 3.8) is 0 Å². The number of aliphatic hydroxyl groups is 1. The van der Waals surface area contributed by atoms with Crippen LogP contribution in [0.3, 0.4) is 0 Å². The monoisotopic (exact) mass is 462 g/mol. The quantitative estimate of drug-likeness (QED) is 0.403. The van der Waals surface area contributed by atoms with E-state index in [0.717, 1.165) is 11.1 Å². The third kappa shape index (κ3) is 4.81. The lowest BCUT2D eigenvalue weighted by atomic mass is 9.99. The fourth-order valence-electron chi connectivity index (χ4n) is 3.14. The Hall–Kier alpha value is -2.47. The molecule has 4 nitrogen and oxygen atoms in total. The highest BCUT2D eigenvalue weighted by molar-refractivity contribution is 7.90. The Balaban J connectivity index is 2.12. The fourth-order valence-corrected chi connectivity index (χ4v) is 5.37. The molecule has 156 valence electrons. The van der Waals surface area contributed by atoms with Crippen molar-refractivity contribution in [2.45, 2.75) is 17.6 Å². The summed E-state index contributed by atoms with van der Waals surface area (Å²) in [5.74, 6) is -0.541. The van der Waals surface area contributed by atoms with Gasteiger partial charge in [0.15, 0.2) is 15.6 Å². The second-order valence-electron chi connectivity index (χ2n) is 6.59. The minimum atomic E-state index is -3.91. The van der Waals surface area contributed by atoms with E-state index in [4.69, 9.17) is 27.9 Å². The van der Waals surface area contributed by atoms with E-state index in [2.05, 4.69) is 6.58 Å². The molecule has 0 bridgehead atoms. The summed E-state index contributed by atoms with van der Waals surface area (Å²) in [7, 11) is -3.91. The first-order valence-electron chi connectivity index (χ1n) is 9.14. The van der Waals surface area contributed by atoms with Gasteiger partial charge in [-0.2, -0.15) is 0 Å². The molecule has 3 aromatic rings. The summed E-state index contributed by atoms with van der Waals surface area (Å²) < 4.78 is 32.1. The van der Waals surface area contributed by atoms with Gasteiger partial charge in [-0.25, -0.2) is 8.42 Å². The van der Waals surface area contributed by atoms with Gasteiger partial charge in [0.25, 0.3) is 0 Å². The van der Waals surface area contributed by atoms with Crippen LogP contribution >= 0.6 is 23.2 Å². The zero-order chi connectivity index (χ0) is 21.9. The molecular formula is C23H20Cl2O4S. The Kier molecular flexibility index (Phi) is 6.76. The van der Waals surface area contributed by atoms with E-state index in [1.165, 1.54) is 12.1 Å². The second kappa shape index (κ2) is 9.13. The van der Waals surface area contributed by atoms with Gasteiger partial charge in [0.2, 0.25) is 0 Å². The van der Waals surface area contributed by atoms with Crippen molar-refractivity contribution in [3.8, 4) is 16.9 Å². The molecule has 0 atom stereocenters. The fraction of sp³-hybridized carbons (Fsp3) is 0.130. The van der Waals surface area contributed by atoms with Crippen LogP contribution in [0.2, 0.25) is 10.0 Å². The van der Waals surface area contributed by atoms with Crippen LogP contribution in [-0.2, 0) is 15.6 Å². The standard InChI is InChI=1S/C23H20Cl2O4S/c1-3-29-23-21(25)12-19(24)13-22(23)30(27,28)14-18-11-17(9-10-20(18)15(2)26)16-7-5-4-6-8-16/h4-13,26H,2-3,14H2,1H3. The molecule has 0 heterocycles. The Labute approximate surface area is 186 Å². The molecule has 0 aliphatic rings. The lowest BCUT2D eigenvalue weighted by molar-refractivity contribution is 0.331. The summed E-state index contributed by atoms with van der Waals surface area (Å²) >= 11 is 12.2. The molecule has 0 aromatic heterocycles. The minimum Gasteiger partial charge on any atom is -0.508 e. The highest BCUT2D eigenvalue weighted by Gasteiger charge is 2.25. The highest BCUT2D eigenvalue weighted by atomic mass is 35.5. The molecule has 0 aliphatic heterocycles. The average Bonchev–Trinajstić information content (AvgIpc) is 2.70. The van der Waals surface area contributed by atoms with Crippen LogP contribution in [0.4, 0.5) is 0 Å². The minimum absolute atomic E-state index is 0.0622. The number of rotatable bonds is 7. The summed E-state index contributed by atoms with van der Waals surface area (Å²) in [6.07, 6.45) is 0. The van der Waals surface area contributed by atoms with Crippen LogP contribution in [0, 0.1) is 0 Å². The van der Waals surface area contributed by atoms with Gasteiger partial charge >= 0.3 is 0 Å². The van der Waals surface area contributed by atoms with Crippen molar-refractivity contribution in [2.24, 2.45) is 0 Å². The predicted octanol–water partition coefficient (Wildman–Crippen LogP) is 6.56. The molecule has 3 aromatic carbocycles. The largest absolute Gasteiger partial charge is 0.508 e. The Morgan fingerprint density at radius 1 is 1.03 bits per heavy atom. The first-order chi connectivity index (χ1) is 14.2. The first kappa shape index (κ1) is 22.2. The molecule has 1 N–H and O–H groups in total. The van der Waals surface area contributed by atoms with Crippen molar-refractivity contribution >= 4 is 38.8 Å². The van der Waals surface area contributed by atoms with Gasteiger partial charge in [-0.3, -0.25) is 0 Å². The highest BCUT2D eigenvalue weighted by Crippen LogP contribution is 2.38. The topological polar surface area (TPSA) is 63.6 Å². The number of sulfone groups is 1. The van der Waals surface area contributed by atoms with Gasteiger partial charge in [-0.05, 0) is 41.8 Å². The Morgan fingerprint density at radius 2 is 1.73 bits per heavy atom. The summed E-state index contributed by atoms with van der Waals surface area (Å²) in [6.45, 7) is 5.54. The third-order valence-corrected chi connectivity index (χ3v) is 6.63. The number of ether oxygens (including phenoxy) is 1. The van der Waals surface area contributed by atoms with Crippen molar-refractivity contribution in [1.82, 2.24) is 0 Å². The molecule has 0 amide bonds. The molecule has 30 heavy (non-hydrogen) atoms. The van der Waals surface area contributed by atoms with E-state index in [9.17, 15) is 13.5 Å². The average molecular weight is 463 g/mol. The molecule has 7 heteroatoms. The molecule has 0 radical (unpaired) electrons. The number of benzene rings is 3. The Morgan fingerprint density at radius 3 is 2.37 bits per heavy atom. The first-order valence-corrected chi connectivity index (χ1v) is 11.5. The van der Waals surface area contributed by atoms with Crippen LogP contribution in [0.1, 0.15) is 18.1 Å². The van der Waals surface area contributed by atoms with Gasteiger partial charge in [-0.15, -0.1) is 0 Å². The van der Waals surface area contributed by atoms with E-state index in [0.29, 0.717) is 11.1 Å². The zero-order valence-corrected chi connectivity index (χ0v) is 18.6. The van der Waals surface area contributed by atoms with Crippen LogP contribution < -0.4 is 4.74 Å². The van der Waals surface area contributed by atoms with Gasteiger partial charge in [-0.1, -0.05) is 72.2 Å². The molecule has 3 rings (SSSR count). The summed E-state index contributed by atoms with van der Waals surface area (Å²) in [5, 5.41) is 10.3. The molecule has 0 saturated carbocycles. The lowest BCUT2D eigenvalue weighted by Gasteiger charge is -2.15. The van der Waals surface area contributed by atoms with E-state index < -0.39 is 9.84 Å². The maximum atomic E-state index is 13.3. The van der Waals surface area contributed by atoms with Crippen molar-refractivity contribution in [2.75, 3.05) is 6.61 Å².